The number of amides is 2. The van der Waals surface area contributed by atoms with E-state index in [2.05, 4.69) is 85.2 Å². The number of nitrogens with one attached hydrogen (secondary N) is 3. The van der Waals surface area contributed by atoms with Crippen molar-refractivity contribution in [3.8, 4) is 0 Å². The molecule has 2 heterocycles. The Labute approximate surface area is 245 Å². The first kappa shape index (κ1) is 28.5. The summed E-state index contributed by atoms with van der Waals surface area (Å²) in [7, 11) is 0. The first-order valence-corrected chi connectivity index (χ1v) is 14.5. The van der Waals surface area contributed by atoms with E-state index in [0.717, 1.165) is 18.5 Å². The van der Waals surface area contributed by atoms with Gasteiger partial charge in [0.05, 0.1) is 11.9 Å². The quantitative estimate of drug-likeness (QED) is 0.0946. The summed E-state index contributed by atoms with van der Waals surface area (Å²) in [6.07, 6.45) is 9.81. The number of aromatic nitrogens is 2. The van der Waals surface area contributed by atoms with Gasteiger partial charge in [-0.05, 0) is 52.1 Å². The summed E-state index contributed by atoms with van der Waals surface area (Å²) < 4.78 is 4.28. The highest BCUT2D eigenvalue weighted by molar-refractivity contribution is 6.05. The van der Waals surface area contributed by atoms with E-state index < -0.39 is 0 Å². The first-order valence-electron chi connectivity index (χ1n) is 14.5. The molecule has 0 unspecified atom stereocenters. The smallest absolute Gasteiger partial charge is 0.444 e. The minimum Gasteiger partial charge on any atom is -0.447 e. The second kappa shape index (κ2) is 13.6. The van der Waals surface area contributed by atoms with E-state index in [0.29, 0.717) is 31.5 Å². The number of benzene rings is 3. The third kappa shape index (κ3) is 6.83. The van der Waals surface area contributed by atoms with Crippen molar-refractivity contribution in [2.24, 2.45) is 4.99 Å². The fourth-order valence-corrected chi connectivity index (χ4v) is 5.10. The van der Waals surface area contributed by atoms with Gasteiger partial charge in [-0.3, -0.25) is 0 Å². The van der Waals surface area contributed by atoms with Crippen molar-refractivity contribution in [1.82, 2.24) is 9.88 Å². The molecule has 2 amide bonds. The lowest BCUT2D eigenvalue weighted by Crippen LogP contribution is -2.74. The number of anilines is 1. The maximum atomic E-state index is 12.0. The maximum Gasteiger partial charge on any atom is 0.444 e. The number of pyridine rings is 2. The van der Waals surface area contributed by atoms with Gasteiger partial charge in [0.2, 0.25) is 0 Å². The van der Waals surface area contributed by atoms with E-state index in [9.17, 15) is 9.90 Å². The number of amidine groups is 1. The summed E-state index contributed by atoms with van der Waals surface area (Å²) in [4.78, 5) is 19.1. The van der Waals surface area contributed by atoms with Crippen LogP contribution in [0.3, 0.4) is 0 Å². The molecule has 0 saturated carbocycles. The lowest BCUT2D eigenvalue weighted by Gasteiger charge is -2.17. The minimum absolute atomic E-state index is 0.0570. The molecule has 5 aromatic rings. The second-order valence-corrected chi connectivity index (χ2v) is 10.3. The molecule has 0 saturated heterocycles. The van der Waals surface area contributed by atoms with Gasteiger partial charge in [-0.15, -0.1) is 0 Å². The minimum atomic E-state index is -0.314. The standard InChI is InChI=1S/C34H36N6O2/c1-3-17-35-33(41)37-25-13-19-39(20-14-25)23-31-27-9-5-7-11-29(27)32(30-12-8-6-10-28(30)31)24-40-21-15-26(16-22-40)38-34(42)36-18-4-2/h5-16,19-22H,3-4,17-18,23-24H2,1-2H3,(H2,35,36,41,42)/p+2. The molecule has 0 radical (unpaired) electrons. The van der Waals surface area contributed by atoms with E-state index in [-0.39, 0.29) is 12.1 Å². The van der Waals surface area contributed by atoms with Crippen LogP contribution in [-0.2, 0) is 13.1 Å². The monoisotopic (exact) mass is 562 g/mol. The van der Waals surface area contributed by atoms with Crippen molar-refractivity contribution < 1.29 is 19.5 Å². The number of carbonyl (C=O) groups is 1. The number of rotatable bonds is 9. The Bertz CT molecular complexity index is 1710. The van der Waals surface area contributed by atoms with Gasteiger partial charge < -0.3 is 15.0 Å². The summed E-state index contributed by atoms with van der Waals surface area (Å²) in [5.74, 6) is 0. The molecule has 2 aromatic heterocycles. The van der Waals surface area contributed by atoms with Crippen LogP contribution in [0.25, 0.3) is 21.5 Å². The Kier molecular flexibility index (Phi) is 9.23. The molecule has 0 aliphatic heterocycles. The fourth-order valence-electron chi connectivity index (χ4n) is 5.10. The average Bonchev–Trinajstić information content (AvgIpc) is 3.02. The topological polar surface area (TPSA) is 96.5 Å². The molecule has 0 atom stereocenters. The van der Waals surface area contributed by atoms with Gasteiger partial charge in [0.1, 0.15) is 5.69 Å². The summed E-state index contributed by atoms with van der Waals surface area (Å²) in [6.45, 7) is 6.78. The second-order valence-electron chi connectivity index (χ2n) is 10.3. The Morgan fingerprint density at radius 2 is 1.45 bits per heavy atom. The Morgan fingerprint density at radius 1 is 0.857 bits per heavy atom. The zero-order chi connectivity index (χ0) is 29.3. The van der Waals surface area contributed by atoms with Gasteiger partial charge >= 0.3 is 12.1 Å². The number of nitrogens with zero attached hydrogens (tertiary/aromatic N) is 3. The van der Waals surface area contributed by atoms with Crippen molar-refractivity contribution in [3.63, 3.8) is 0 Å². The van der Waals surface area contributed by atoms with Crippen molar-refractivity contribution in [2.75, 3.05) is 18.4 Å². The van der Waals surface area contributed by atoms with E-state index in [1.165, 1.54) is 32.7 Å². The number of fused-ring (bicyclic) bond motifs is 2. The summed E-state index contributed by atoms with van der Waals surface area (Å²) in [5, 5.41) is 21.3. The molecule has 8 heteroatoms. The first-order chi connectivity index (χ1) is 20.6. The molecule has 8 nitrogen and oxygen atoms in total. The number of urea groups is 1. The average molecular weight is 563 g/mol. The Balaban J connectivity index is 1.47. The highest BCUT2D eigenvalue weighted by Crippen LogP contribution is 2.33. The number of hydrogen-bond acceptors (Lipinski definition) is 1. The number of aliphatic hydroxyl groups is 1. The third-order valence-corrected chi connectivity index (χ3v) is 7.16. The van der Waals surface area contributed by atoms with E-state index in [4.69, 9.17) is 0 Å². The lowest BCUT2D eigenvalue weighted by molar-refractivity contribution is -0.687. The van der Waals surface area contributed by atoms with Gasteiger partial charge in [0, 0.05) is 43.2 Å². The van der Waals surface area contributed by atoms with Crippen LogP contribution in [0.15, 0.2) is 103 Å². The predicted molar refractivity (Wildman–Crippen MR) is 167 cm³/mol. The number of carbonyl (C=O) groups excluding carboxylic acids is 1. The SMILES string of the molecule is CCCNC(=O)N=c1ccn(Cc2c3ccccc3c(C[n+]3ccc(NC(O)=[NH+]CCC)cc3)c3ccccc23)cc1. The van der Waals surface area contributed by atoms with Gasteiger partial charge in [-0.25, -0.2) is 19.7 Å². The van der Waals surface area contributed by atoms with Crippen molar-refractivity contribution in [1.29, 1.82) is 0 Å². The molecule has 0 aliphatic rings. The van der Waals surface area contributed by atoms with E-state index in [1.807, 2.05) is 56.0 Å². The van der Waals surface area contributed by atoms with Crippen LogP contribution in [0.4, 0.5) is 10.5 Å². The highest BCUT2D eigenvalue weighted by atomic mass is 16.3. The van der Waals surface area contributed by atoms with Crippen LogP contribution in [0.5, 0.6) is 0 Å². The number of hydrogen-bond donors (Lipinski definition) is 4. The molecular formula is C34H38N6O2+2. The molecule has 42 heavy (non-hydrogen) atoms. The van der Waals surface area contributed by atoms with E-state index >= 15 is 0 Å². The van der Waals surface area contributed by atoms with Crippen LogP contribution >= 0.6 is 0 Å². The largest absolute Gasteiger partial charge is 0.447 e. The third-order valence-electron chi connectivity index (χ3n) is 7.16. The predicted octanol–water partition coefficient (Wildman–Crippen LogP) is 4.02. The summed E-state index contributed by atoms with van der Waals surface area (Å²) in [6, 6.07) is 24.6. The summed E-state index contributed by atoms with van der Waals surface area (Å²) in [5.41, 5.74) is 3.32. The normalized spacial score (nSPS) is 11.5. The van der Waals surface area contributed by atoms with Gasteiger partial charge in [0.15, 0.2) is 18.9 Å². The van der Waals surface area contributed by atoms with E-state index in [1.54, 1.807) is 0 Å². The molecule has 0 fully saturated rings. The van der Waals surface area contributed by atoms with Gasteiger partial charge in [0.25, 0.3) is 0 Å². The van der Waals surface area contributed by atoms with Crippen LogP contribution in [0.2, 0.25) is 0 Å². The molecule has 0 bridgehead atoms. The van der Waals surface area contributed by atoms with Crippen molar-refractivity contribution >= 4 is 39.3 Å². The van der Waals surface area contributed by atoms with Crippen LogP contribution in [-0.4, -0.2) is 34.8 Å². The van der Waals surface area contributed by atoms with Gasteiger partial charge in [-0.1, -0.05) is 62.4 Å². The zero-order valence-electron chi connectivity index (χ0n) is 24.2. The Hall–Kier alpha value is -4.98. The number of aliphatic hydroxyl groups excluding tert-OH is 1. The van der Waals surface area contributed by atoms with Gasteiger partial charge in [-0.2, -0.15) is 4.99 Å². The lowest BCUT2D eigenvalue weighted by atomic mass is 9.91. The molecule has 4 N–H and O–H groups in total. The molecule has 0 spiro atoms. The van der Waals surface area contributed by atoms with Crippen molar-refractivity contribution in [3.05, 3.63) is 114 Å². The fraction of sp³-hybridized carbons (Fsp3) is 0.235. The Morgan fingerprint density at radius 3 is 2.02 bits per heavy atom. The summed E-state index contributed by atoms with van der Waals surface area (Å²) >= 11 is 0. The maximum absolute atomic E-state index is 12.0. The molecule has 214 valence electrons. The van der Waals surface area contributed by atoms with Crippen molar-refractivity contribution in [2.45, 2.75) is 39.8 Å². The molecule has 0 aliphatic carbocycles. The van der Waals surface area contributed by atoms with Crippen LogP contribution in [0, 0.1) is 0 Å². The molecule has 3 aromatic carbocycles. The zero-order valence-corrected chi connectivity index (χ0v) is 24.2. The molecule has 5 rings (SSSR count). The molecular weight excluding hydrogens is 524 g/mol. The van der Waals surface area contributed by atoms with Crippen LogP contribution < -0.4 is 25.6 Å². The highest BCUT2D eigenvalue weighted by Gasteiger charge is 2.17. The van der Waals surface area contributed by atoms with Crippen LogP contribution in [0.1, 0.15) is 37.8 Å².